The average molecular weight is 471 g/mol. The van der Waals surface area contributed by atoms with E-state index in [4.69, 9.17) is 18.9 Å². The molecule has 1 fully saturated rings. The molecule has 0 radical (unpaired) electrons. The number of rotatable bonds is 8. The minimum atomic E-state index is -0.407. The Kier molecular flexibility index (Phi) is 6.74. The van der Waals surface area contributed by atoms with Crippen LogP contribution in [0, 0.1) is 0 Å². The Bertz CT molecular complexity index is 1130. The Morgan fingerprint density at radius 3 is 2.76 bits per heavy atom. The fourth-order valence-corrected chi connectivity index (χ4v) is 4.18. The highest BCUT2D eigenvalue weighted by Crippen LogP contribution is 2.35. The zero-order valence-electron chi connectivity index (χ0n) is 18.1. The zero-order chi connectivity index (χ0) is 23.4. The van der Waals surface area contributed by atoms with Crippen LogP contribution in [-0.2, 0) is 4.79 Å². The Balaban J connectivity index is 1.37. The van der Waals surface area contributed by atoms with Gasteiger partial charge < -0.3 is 24.3 Å². The maximum absolute atomic E-state index is 12.7. The number of methoxy groups -OCH3 is 1. The van der Waals surface area contributed by atoms with Gasteiger partial charge >= 0.3 is 0 Å². The number of nitrogens with one attached hydrogen (secondary N) is 1. The molecular formula is C23H22N2O7S. The second kappa shape index (κ2) is 9.86. The van der Waals surface area contributed by atoms with Crippen molar-refractivity contribution in [2.24, 2.45) is 0 Å². The van der Waals surface area contributed by atoms with Crippen LogP contribution in [-0.4, -0.2) is 55.6 Å². The Morgan fingerprint density at radius 2 is 1.97 bits per heavy atom. The predicted octanol–water partition coefficient (Wildman–Crippen LogP) is 3.29. The summed E-state index contributed by atoms with van der Waals surface area (Å²) in [5.41, 5.74) is 1.11. The fourth-order valence-electron chi connectivity index (χ4n) is 3.31. The summed E-state index contributed by atoms with van der Waals surface area (Å²) < 4.78 is 21.3. The molecule has 1 saturated heterocycles. The van der Waals surface area contributed by atoms with E-state index in [2.05, 4.69) is 5.32 Å². The van der Waals surface area contributed by atoms with E-state index >= 15 is 0 Å². The molecule has 2 aromatic carbocycles. The molecule has 172 valence electrons. The van der Waals surface area contributed by atoms with Crippen LogP contribution < -0.4 is 24.3 Å². The molecule has 2 aliphatic rings. The van der Waals surface area contributed by atoms with Gasteiger partial charge in [-0.1, -0.05) is 6.07 Å². The van der Waals surface area contributed by atoms with Gasteiger partial charge in [0.05, 0.1) is 18.6 Å². The van der Waals surface area contributed by atoms with Crippen LogP contribution in [0.1, 0.15) is 22.8 Å². The average Bonchev–Trinajstić information content (AvgIpc) is 3.39. The smallest absolute Gasteiger partial charge is 0.293 e. The summed E-state index contributed by atoms with van der Waals surface area (Å²) in [6.07, 6.45) is 1.63. The molecular weight excluding hydrogens is 448 g/mol. The third-order valence-corrected chi connectivity index (χ3v) is 5.82. The summed E-state index contributed by atoms with van der Waals surface area (Å²) in [6, 6.07) is 10.2. The van der Waals surface area contributed by atoms with E-state index in [0.717, 1.165) is 16.7 Å². The van der Waals surface area contributed by atoms with Crippen molar-refractivity contribution in [3.63, 3.8) is 0 Å². The Hall–Kier alpha value is -3.66. The molecule has 4 rings (SSSR count). The monoisotopic (exact) mass is 470 g/mol. The lowest BCUT2D eigenvalue weighted by molar-refractivity contribution is -0.122. The van der Waals surface area contributed by atoms with Crippen molar-refractivity contribution in [1.29, 1.82) is 0 Å². The van der Waals surface area contributed by atoms with E-state index in [9.17, 15) is 14.4 Å². The van der Waals surface area contributed by atoms with Crippen LogP contribution in [0.3, 0.4) is 0 Å². The van der Waals surface area contributed by atoms with Crippen molar-refractivity contribution in [3.8, 4) is 23.0 Å². The number of ether oxygens (including phenoxy) is 4. The molecule has 0 unspecified atom stereocenters. The van der Waals surface area contributed by atoms with E-state index < -0.39 is 5.91 Å². The van der Waals surface area contributed by atoms with E-state index in [0.29, 0.717) is 45.6 Å². The third kappa shape index (κ3) is 4.90. The first-order valence-electron chi connectivity index (χ1n) is 10.2. The summed E-state index contributed by atoms with van der Waals surface area (Å²) >= 11 is 0.857. The molecule has 0 spiro atoms. The summed E-state index contributed by atoms with van der Waals surface area (Å²) in [5, 5.41) is 2.33. The SMILES string of the molecule is CCOc1ccc(C=C2SC(=O)N(CCNC(=O)c3ccc4c(c3)OCO4)C2=O)cc1OC. The number of hydrogen-bond donors (Lipinski definition) is 1. The number of carbonyl (C=O) groups excluding carboxylic acids is 3. The van der Waals surface area contributed by atoms with Crippen LogP contribution in [0.5, 0.6) is 23.0 Å². The van der Waals surface area contributed by atoms with Gasteiger partial charge in [-0.25, -0.2) is 0 Å². The number of imide groups is 1. The van der Waals surface area contributed by atoms with Gasteiger partial charge in [-0.05, 0) is 60.7 Å². The van der Waals surface area contributed by atoms with Gasteiger partial charge in [0.25, 0.3) is 17.1 Å². The first-order chi connectivity index (χ1) is 16.0. The summed E-state index contributed by atoms with van der Waals surface area (Å²) in [4.78, 5) is 38.9. The summed E-state index contributed by atoms with van der Waals surface area (Å²) in [6.45, 7) is 2.68. The summed E-state index contributed by atoms with van der Waals surface area (Å²) in [5.74, 6) is 1.48. The number of hydrogen-bond acceptors (Lipinski definition) is 8. The Morgan fingerprint density at radius 1 is 1.15 bits per heavy atom. The quantitative estimate of drug-likeness (QED) is 0.587. The van der Waals surface area contributed by atoms with E-state index in [1.807, 2.05) is 6.92 Å². The van der Waals surface area contributed by atoms with Crippen molar-refractivity contribution in [3.05, 3.63) is 52.4 Å². The number of thioether (sulfide) groups is 1. The standard InChI is InChI=1S/C23H22N2O7S/c1-3-30-16-6-4-14(10-18(16)29-2)11-20-22(27)25(23(28)33-20)9-8-24-21(26)15-5-7-17-19(12-15)32-13-31-17/h4-7,10-12H,3,8-9,13H2,1-2H3,(H,24,26). The minimum absolute atomic E-state index is 0.0604. The minimum Gasteiger partial charge on any atom is -0.493 e. The molecule has 1 N–H and O–H groups in total. The summed E-state index contributed by atoms with van der Waals surface area (Å²) in [7, 11) is 1.54. The molecule has 0 aliphatic carbocycles. The van der Waals surface area contributed by atoms with E-state index in [1.54, 1.807) is 42.5 Å². The molecule has 9 nitrogen and oxygen atoms in total. The van der Waals surface area contributed by atoms with Gasteiger partial charge in [-0.3, -0.25) is 19.3 Å². The molecule has 3 amide bonds. The maximum atomic E-state index is 12.7. The second-order valence-corrected chi connectivity index (χ2v) is 7.99. The number of fused-ring (bicyclic) bond motifs is 1. The molecule has 0 atom stereocenters. The molecule has 10 heteroatoms. The molecule has 2 aliphatic heterocycles. The van der Waals surface area contributed by atoms with E-state index in [1.165, 1.54) is 7.11 Å². The van der Waals surface area contributed by atoms with Crippen LogP contribution >= 0.6 is 11.8 Å². The van der Waals surface area contributed by atoms with Gasteiger partial charge in [0.15, 0.2) is 23.0 Å². The van der Waals surface area contributed by atoms with Crippen LogP contribution in [0.4, 0.5) is 4.79 Å². The normalized spacial score (nSPS) is 15.8. The molecule has 2 heterocycles. The van der Waals surface area contributed by atoms with Crippen molar-refractivity contribution in [1.82, 2.24) is 10.2 Å². The molecule has 33 heavy (non-hydrogen) atoms. The molecule has 2 aromatic rings. The van der Waals surface area contributed by atoms with Crippen LogP contribution in [0.25, 0.3) is 6.08 Å². The number of amides is 3. The lowest BCUT2D eigenvalue weighted by Crippen LogP contribution is -2.37. The van der Waals surface area contributed by atoms with Crippen molar-refractivity contribution in [2.45, 2.75) is 6.92 Å². The van der Waals surface area contributed by atoms with Gasteiger partial charge in [-0.15, -0.1) is 0 Å². The number of carbonyl (C=O) groups is 3. The Labute approximate surface area is 194 Å². The highest BCUT2D eigenvalue weighted by Gasteiger charge is 2.34. The van der Waals surface area contributed by atoms with Crippen molar-refractivity contribution in [2.75, 3.05) is 33.6 Å². The van der Waals surface area contributed by atoms with Crippen LogP contribution in [0.2, 0.25) is 0 Å². The van der Waals surface area contributed by atoms with Gasteiger partial charge in [0.2, 0.25) is 6.79 Å². The van der Waals surface area contributed by atoms with Crippen molar-refractivity contribution < 1.29 is 33.3 Å². The maximum Gasteiger partial charge on any atom is 0.293 e. The highest BCUT2D eigenvalue weighted by atomic mass is 32.2. The van der Waals surface area contributed by atoms with Gasteiger partial charge in [0.1, 0.15) is 0 Å². The second-order valence-electron chi connectivity index (χ2n) is 7.00. The third-order valence-electron chi connectivity index (χ3n) is 4.91. The largest absolute Gasteiger partial charge is 0.493 e. The van der Waals surface area contributed by atoms with Gasteiger partial charge in [0, 0.05) is 18.7 Å². The zero-order valence-corrected chi connectivity index (χ0v) is 18.9. The molecule has 0 bridgehead atoms. The highest BCUT2D eigenvalue weighted by molar-refractivity contribution is 8.18. The number of nitrogens with zero attached hydrogens (tertiary/aromatic N) is 1. The predicted molar refractivity (Wildman–Crippen MR) is 122 cm³/mol. The topological polar surface area (TPSA) is 103 Å². The van der Waals surface area contributed by atoms with Crippen molar-refractivity contribution >= 4 is 34.9 Å². The lowest BCUT2D eigenvalue weighted by atomic mass is 10.2. The van der Waals surface area contributed by atoms with E-state index in [-0.39, 0.29) is 31.0 Å². The first kappa shape index (κ1) is 22.5. The molecule has 0 aromatic heterocycles. The fraction of sp³-hybridized carbons (Fsp3) is 0.261. The first-order valence-corrected chi connectivity index (χ1v) is 11.1. The lowest BCUT2D eigenvalue weighted by Gasteiger charge is -2.13. The van der Waals surface area contributed by atoms with Gasteiger partial charge in [-0.2, -0.15) is 0 Å². The molecule has 0 saturated carbocycles. The number of benzene rings is 2. The van der Waals surface area contributed by atoms with Crippen LogP contribution in [0.15, 0.2) is 41.3 Å².